The summed E-state index contributed by atoms with van der Waals surface area (Å²) in [7, 11) is -0.582. The lowest BCUT2D eigenvalue weighted by Crippen LogP contribution is -2.67. The Hall–Kier alpha value is -2.23. The second kappa shape index (κ2) is 11.9. The van der Waals surface area contributed by atoms with Gasteiger partial charge in [-0.15, -0.1) is 5.10 Å². The molecule has 1 saturated heterocycles. The smallest absolute Gasteiger partial charge is 0.400 e. The van der Waals surface area contributed by atoms with Crippen LogP contribution in [0.15, 0.2) is 0 Å². The molecule has 0 saturated carbocycles. The Morgan fingerprint density at radius 2 is 1.74 bits per heavy atom. The van der Waals surface area contributed by atoms with E-state index in [-0.39, 0.29) is 11.5 Å². The monoisotopic (exact) mass is 587 g/mol. The van der Waals surface area contributed by atoms with E-state index in [2.05, 4.69) is 49.4 Å². The molecule has 2 heterocycles. The number of carbonyl (C=O) groups is 4. The minimum atomic E-state index is -2.25. The number of rotatable bonds is 8. The number of carbonyl (C=O) groups excluding carboxylic acids is 4. The van der Waals surface area contributed by atoms with Crippen molar-refractivity contribution in [2.45, 2.75) is 84.5 Å². The zero-order valence-corrected chi connectivity index (χ0v) is 26.2. The number of aromatic nitrogens is 4. The first kappa shape index (κ1) is 32.0. The van der Waals surface area contributed by atoms with Gasteiger partial charge in [0.05, 0.1) is 28.1 Å². The summed E-state index contributed by atoms with van der Waals surface area (Å²) in [5, 5.41) is 10.4. The van der Waals surface area contributed by atoms with E-state index < -0.39 is 61.7 Å². The molecular weight excluding hydrogens is 551 g/mol. The number of likely N-dealkylation sites (tertiary alicyclic amines) is 1. The molecule has 0 aromatic carbocycles. The predicted molar refractivity (Wildman–Crippen MR) is 146 cm³/mol. The largest absolute Gasteiger partial charge is 0.427 e. The van der Waals surface area contributed by atoms with Gasteiger partial charge in [0.15, 0.2) is 14.1 Å². The molecule has 1 aliphatic rings. The lowest BCUT2D eigenvalue weighted by Gasteiger charge is -2.49. The SMILES string of the molecule is C[C@@H](O[Si](C)(C)C(C)(C)C)[C@@H]1C(=O)N(C(=O)C(=O)OCOC(=O)C(C)(C)C)[C@@H]1SC(=S)Cc1nnnn1C. The molecule has 1 aromatic heterocycles. The van der Waals surface area contributed by atoms with Crippen LogP contribution in [0.25, 0.3) is 0 Å². The summed E-state index contributed by atoms with van der Waals surface area (Å²) in [6.45, 7) is 16.3. The van der Waals surface area contributed by atoms with E-state index in [4.69, 9.17) is 26.1 Å². The van der Waals surface area contributed by atoms with Crippen molar-refractivity contribution in [1.29, 1.82) is 0 Å². The molecule has 2 rings (SSSR count). The number of hydrogen-bond acceptors (Lipinski definition) is 12. The number of amides is 2. The van der Waals surface area contributed by atoms with Crippen LogP contribution in [0.5, 0.6) is 0 Å². The molecule has 0 spiro atoms. The topological polar surface area (TPSA) is 143 Å². The molecule has 15 heteroatoms. The van der Waals surface area contributed by atoms with Crippen LogP contribution in [-0.4, -0.2) is 79.6 Å². The molecule has 212 valence electrons. The highest BCUT2D eigenvalue weighted by Crippen LogP contribution is 2.43. The van der Waals surface area contributed by atoms with Crippen LogP contribution in [0.2, 0.25) is 18.1 Å². The number of ether oxygens (including phenoxy) is 2. The number of thioether (sulfide) groups is 1. The van der Waals surface area contributed by atoms with Gasteiger partial charge in [-0.1, -0.05) is 44.8 Å². The van der Waals surface area contributed by atoms with Gasteiger partial charge in [-0.05, 0) is 56.3 Å². The average Bonchev–Trinajstić information content (AvgIpc) is 3.15. The van der Waals surface area contributed by atoms with Crippen molar-refractivity contribution in [3.63, 3.8) is 0 Å². The number of thiocarbonyl (C=S) groups is 1. The van der Waals surface area contributed by atoms with E-state index >= 15 is 0 Å². The molecule has 0 radical (unpaired) electrons. The van der Waals surface area contributed by atoms with Gasteiger partial charge in [-0.3, -0.25) is 19.3 Å². The summed E-state index contributed by atoms with van der Waals surface area (Å²) in [6, 6.07) is 0. The van der Waals surface area contributed by atoms with Crippen molar-refractivity contribution in [1.82, 2.24) is 25.1 Å². The number of esters is 2. The summed E-state index contributed by atoms with van der Waals surface area (Å²) in [5.74, 6) is -3.87. The maximum absolute atomic E-state index is 13.2. The van der Waals surface area contributed by atoms with Crippen molar-refractivity contribution in [2.24, 2.45) is 18.4 Å². The van der Waals surface area contributed by atoms with E-state index in [1.54, 1.807) is 34.7 Å². The Balaban J connectivity index is 2.19. The average molecular weight is 588 g/mol. The summed E-state index contributed by atoms with van der Waals surface area (Å²) >= 11 is 6.62. The molecule has 1 aromatic rings. The zero-order chi connectivity index (χ0) is 29.2. The molecule has 0 N–H and O–H groups in total. The quantitative estimate of drug-likeness (QED) is 0.110. The van der Waals surface area contributed by atoms with Gasteiger partial charge in [-0.25, -0.2) is 9.48 Å². The summed E-state index contributed by atoms with van der Waals surface area (Å²) in [6.07, 6.45) is -0.318. The molecular formula is C23H37N5O7S2Si. The lowest BCUT2D eigenvalue weighted by atomic mass is 9.92. The Kier molecular flexibility index (Phi) is 10.00. The van der Waals surface area contributed by atoms with Crippen LogP contribution >= 0.6 is 24.0 Å². The molecule has 0 bridgehead atoms. The third-order valence-electron chi connectivity index (χ3n) is 6.53. The molecule has 2 amide bonds. The highest BCUT2D eigenvalue weighted by Gasteiger charge is 2.57. The Bertz CT molecular complexity index is 1100. The fraction of sp³-hybridized carbons (Fsp3) is 0.739. The third kappa shape index (κ3) is 7.45. The van der Waals surface area contributed by atoms with E-state index in [0.29, 0.717) is 10.0 Å². The Morgan fingerprint density at radius 3 is 2.24 bits per heavy atom. The second-order valence-electron chi connectivity index (χ2n) is 11.6. The standard InChI is InChI=1S/C23H37N5O7S2Si/c1-13(35-38(9,10)23(5,6)7)16-17(29)28(18(30)20(31)33-12-34-21(32)22(2,3)4)19(16)37-15(36)11-14-24-25-26-27(14)8/h13,16,19H,11-12H2,1-10H3/t13-,16-,19-/m1/s1. The Morgan fingerprint density at radius 1 is 1.13 bits per heavy atom. The van der Waals surface area contributed by atoms with Crippen molar-refractivity contribution in [2.75, 3.05) is 6.79 Å². The molecule has 12 nitrogen and oxygen atoms in total. The molecule has 0 aliphatic carbocycles. The molecule has 0 unspecified atom stereocenters. The molecule has 1 aliphatic heterocycles. The van der Waals surface area contributed by atoms with E-state index in [9.17, 15) is 19.2 Å². The zero-order valence-electron chi connectivity index (χ0n) is 23.6. The summed E-state index contributed by atoms with van der Waals surface area (Å²) in [5.41, 5.74) is -0.812. The maximum atomic E-state index is 13.2. The van der Waals surface area contributed by atoms with Gasteiger partial charge in [0.25, 0.3) is 0 Å². The van der Waals surface area contributed by atoms with Gasteiger partial charge < -0.3 is 13.9 Å². The number of aryl methyl sites for hydroxylation is 1. The van der Waals surface area contributed by atoms with Gasteiger partial charge in [-0.2, -0.15) is 0 Å². The van der Waals surface area contributed by atoms with E-state index in [0.717, 1.165) is 16.7 Å². The number of hydrogen-bond donors (Lipinski definition) is 0. The lowest BCUT2D eigenvalue weighted by molar-refractivity contribution is -0.184. The van der Waals surface area contributed by atoms with Crippen LogP contribution in [0, 0.1) is 11.3 Å². The van der Waals surface area contributed by atoms with Gasteiger partial charge in [0.2, 0.25) is 12.7 Å². The molecule has 3 atom stereocenters. The van der Waals surface area contributed by atoms with E-state index in [1.165, 1.54) is 4.68 Å². The van der Waals surface area contributed by atoms with Gasteiger partial charge in [0, 0.05) is 7.05 Å². The first-order valence-electron chi connectivity index (χ1n) is 12.1. The van der Waals surface area contributed by atoms with Gasteiger partial charge in [0.1, 0.15) is 5.37 Å². The second-order valence-corrected chi connectivity index (χ2v) is 18.3. The van der Waals surface area contributed by atoms with Crippen molar-refractivity contribution in [3.8, 4) is 0 Å². The van der Waals surface area contributed by atoms with Crippen LogP contribution in [0.4, 0.5) is 0 Å². The van der Waals surface area contributed by atoms with Gasteiger partial charge >= 0.3 is 17.8 Å². The Labute approximate surface area is 233 Å². The fourth-order valence-corrected chi connectivity index (χ4v) is 6.32. The number of nitrogens with zero attached hydrogens (tertiary/aromatic N) is 5. The van der Waals surface area contributed by atoms with Crippen molar-refractivity contribution in [3.05, 3.63) is 5.82 Å². The third-order valence-corrected chi connectivity index (χ3v) is 12.7. The first-order chi connectivity index (χ1) is 17.3. The summed E-state index contributed by atoms with van der Waals surface area (Å²) in [4.78, 5) is 51.4. The van der Waals surface area contributed by atoms with Crippen LogP contribution in [0.3, 0.4) is 0 Å². The normalized spacial score (nSPS) is 19.0. The number of tetrazole rings is 1. The minimum absolute atomic E-state index is 0.103. The highest BCUT2D eigenvalue weighted by atomic mass is 32.2. The minimum Gasteiger partial charge on any atom is -0.427 e. The highest BCUT2D eigenvalue weighted by molar-refractivity contribution is 8.23. The van der Waals surface area contributed by atoms with Crippen LogP contribution < -0.4 is 0 Å². The fourth-order valence-electron chi connectivity index (χ4n) is 3.19. The van der Waals surface area contributed by atoms with Crippen molar-refractivity contribution >= 4 is 60.2 Å². The number of β-lactam (4-membered cyclic amide) rings is 1. The van der Waals surface area contributed by atoms with Crippen molar-refractivity contribution < 1.29 is 33.1 Å². The number of imide groups is 1. The summed E-state index contributed by atoms with van der Waals surface area (Å²) < 4.78 is 18.1. The van der Waals surface area contributed by atoms with Crippen LogP contribution in [-0.2, 0) is 46.5 Å². The molecule has 1 fully saturated rings. The molecule has 38 heavy (non-hydrogen) atoms. The predicted octanol–water partition coefficient (Wildman–Crippen LogP) is 2.62. The first-order valence-corrected chi connectivity index (χ1v) is 16.3. The maximum Gasteiger partial charge on any atom is 0.400 e. The van der Waals surface area contributed by atoms with E-state index in [1.807, 2.05) is 0 Å². The van der Waals surface area contributed by atoms with Crippen LogP contribution in [0.1, 0.15) is 54.3 Å².